The van der Waals surface area contributed by atoms with Crippen LogP contribution in [-0.4, -0.2) is 118 Å². The molecule has 0 saturated heterocycles. The lowest BCUT2D eigenvalue weighted by Gasteiger charge is -2.19. The van der Waals surface area contributed by atoms with E-state index in [0.717, 1.165) is 0 Å². The van der Waals surface area contributed by atoms with Crippen LogP contribution in [0.25, 0.3) is 0 Å². The molecule has 0 spiro atoms. The van der Waals surface area contributed by atoms with Gasteiger partial charge in [0.1, 0.15) is 41.8 Å². The molecule has 49 heavy (non-hydrogen) atoms. The van der Waals surface area contributed by atoms with E-state index in [4.69, 9.17) is 43.7 Å². The van der Waals surface area contributed by atoms with Crippen molar-refractivity contribution in [1.29, 1.82) is 0 Å². The Kier molecular flexibility index (Phi) is 28.3. The second-order valence-electron chi connectivity index (χ2n) is 14.0. The van der Waals surface area contributed by atoms with Crippen molar-refractivity contribution in [3.05, 3.63) is 0 Å². The molecular formula is C33H63N3O13. The Labute approximate surface area is 292 Å². The number of nitrogens with one attached hydrogen (secondary N) is 1. The molecule has 0 rings (SSSR count). The number of rotatable bonds is 18. The van der Waals surface area contributed by atoms with E-state index in [1.807, 2.05) is 47.0 Å². The Hall–Kier alpha value is -3.18. The van der Waals surface area contributed by atoms with E-state index in [1.54, 1.807) is 41.5 Å². The third kappa shape index (κ3) is 49.3. The van der Waals surface area contributed by atoms with Crippen molar-refractivity contribution >= 4 is 36.5 Å². The molecule has 0 aliphatic carbocycles. The van der Waals surface area contributed by atoms with E-state index >= 15 is 0 Å². The van der Waals surface area contributed by atoms with Gasteiger partial charge >= 0.3 is 24.0 Å². The molecule has 0 atom stereocenters. The maximum absolute atomic E-state index is 11.4. The average molecular weight is 710 g/mol. The Bertz CT molecular complexity index is 945. The molecule has 0 aliphatic heterocycles. The number of aliphatic imine (C=N–C) groups is 1. The largest absolute Gasteiger partial charge is 0.460 e. The van der Waals surface area contributed by atoms with E-state index in [1.165, 1.54) is 6.21 Å². The quantitative estimate of drug-likeness (QED) is 0.0305. The topological polar surface area (TPSA) is 210 Å². The molecule has 0 aromatic heterocycles. The summed E-state index contributed by atoms with van der Waals surface area (Å²) < 4.78 is 40.6. The average Bonchev–Trinajstić information content (AvgIpc) is 2.90. The summed E-state index contributed by atoms with van der Waals surface area (Å²) in [7, 11) is 0. The van der Waals surface area contributed by atoms with Gasteiger partial charge in [-0.15, -0.1) is 0 Å². The molecule has 0 fully saturated rings. The number of amides is 1. The Morgan fingerprint density at radius 2 is 0.918 bits per heavy atom. The van der Waals surface area contributed by atoms with Crippen molar-refractivity contribution in [2.24, 2.45) is 10.8 Å². The van der Waals surface area contributed by atoms with Crippen molar-refractivity contribution in [3.63, 3.8) is 0 Å². The smallest absolute Gasteiger partial charge is 0.421 e. The molecule has 0 bridgehead atoms. The minimum absolute atomic E-state index is 0.0208. The fraction of sp³-hybridized carbons (Fsp3) is 0.818. The number of esters is 3. The van der Waals surface area contributed by atoms with Crippen LogP contribution < -0.4 is 11.3 Å². The van der Waals surface area contributed by atoms with Crippen LogP contribution in [0.15, 0.2) is 4.99 Å². The van der Waals surface area contributed by atoms with Crippen molar-refractivity contribution in [2.75, 3.05) is 59.4 Å². The number of nitrogens with zero attached hydrogens (tertiary/aromatic N) is 1. The molecule has 0 radical (unpaired) electrons. The normalized spacial score (nSPS) is 11.7. The highest BCUT2D eigenvalue weighted by atomic mass is 16.6. The highest BCUT2D eigenvalue weighted by molar-refractivity contribution is 5.74. The molecule has 0 heterocycles. The summed E-state index contributed by atoms with van der Waals surface area (Å²) in [6.45, 7) is 24.1. The standard InChI is InChI=1S/C17H31NO6.C11H20O5.C5H12N2O2/c1-16(2,3)23-14(19)7-9-21-11-12-22-10-8-18-13-15(20)24-17(4,5)6;1-11(2,3)16-10(13)4-6-14-8-9-15-7-5-12;1-5(2,3)9-4(8)7-6/h8H,7,9-13H2,1-6H3;5H,4,6-9H2,1-3H3;6H2,1-3H3,(H,7,8). The molecule has 0 aliphatic rings. The fourth-order valence-corrected chi connectivity index (χ4v) is 2.68. The van der Waals surface area contributed by atoms with E-state index < -0.39 is 28.5 Å². The summed E-state index contributed by atoms with van der Waals surface area (Å²) in [4.78, 5) is 58.2. The number of aldehydes is 1. The van der Waals surface area contributed by atoms with Gasteiger partial charge in [-0.25, -0.2) is 10.6 Å². The van der Waals surface area contributed by atoms with E-state index in [9.17, 15) is 24.0 Å². The molecule has 0 aromatic rings. The van der Waals surface area contributed by atoms with Gasteiger partial charge in [-0.1, -0.05) is 0 Å². The van der Waals surface area contributed by atoms with Crippen molar-refractivity contribution < 1.29 is 61.9 Å². The highest BCUT2D eigenvalue weighted by Gasteiger charge is 2.17. The summed E-state index contributed by atoms with van der Waals surface area (Å²) >= 11 is 0. The van der Waals surface area contributed by atoms with E-state index in [2.05, 4.69) is 4.99 Å². The van der Waals surface area contributed by atoms with Crippen LogP contribution in [0.3, 0.4) is 0 Å². The minimum Gasteiger partial charge on any atom is -0.460 e. The Morgan fingerprint density at radius 1 is 0.551 bits per heavy atom. The maximum atomic E-state index is 11.4. The lowest BCUT2D eigenvalue weighted by molar-refractivity contribution is -0.157. The first-order valence-electron chi connectivity index (χ1n) is 16.0. The number of hydrazine groups is 1. The second-order valence-corrected chi connectivity index (χ2v) is 14.0. The van der Waals surface area contributed by atoms with Gasteiger partial charge in [0.15, 0.2) is 0 Å². The number of ether oxygens (including phenoxy) is 8. The zero-order chi connectivity index (χ0) is 38.6. The molecule has 0 saturated carbocycles. The molecule has 288 valence electrons. The number of carbonyl (C=O) groups excluding carboxylic acids is 5. The second kappa shape index (κ2) is 27.6. The van der Waals surface area contributed by atoms with Crippen LogP contribution in [-0.2, 0) is 57.1 Å². The SMILES string of the molecule is CC(C)(C)OC(=O)CCOCCOCC=NCC(=O)OC(C)(C)C.CC(C)(C)OC(=O)CCOCCOCC=O.CC(C)(C)OC(=O)NN. The highest BCUT2D eigenvalue weighted by Crippen LogP contribution is 2.09. The lowest BCUT2D eigenvalue weighted by Crippen LogP contribution is -2.36. The number of hydrogen-bond donors (Lipinski definition) is 2. The van der Waals surface area contributed by atoms with Crippen LogP contribution in [0.4, 0.5) is 4.79 Å². The number of hydrogen-bond acceptors (Lipinski definition) is 15. The summed E-state index contributed by atoms with van der Waals surface area (Å²) in [5, 5.41) is 0. The third-order valence-corrected chi connectivity index (χ3v) is 4.15. The lowest BCUT2D eigenvalue weighted by atomic mass is 10.2. The van der Waals surface area contributed by atoms with Crippen LogP contribution >= 0.6 is 0 Å². The van der Waals surface area contributed by atoms with Crippen LogP contribution in [0.2, 0.25) is 0 Å². The number of nitrogens with two attached hydrogens (primary N) is 1. The molecule has 0 unspecified atom stereocenters. The van der Waals surface area contributed by atoms with Crippen molar-refractivity contribution in [1.82, 2.24) is 5.43 Å². The molecule has 1 amide bonds. The molecule has 0 aromatic carbocycles. The van der Waals surface area contributed by atoms with Gasteiger partial charge in [-0.2, -0.15) is 0 Å². The fourth-order valence-electron chi connectivity index (χ4n) is 2.68. The first-order chi connectivity index (χ1) is 22.4. The van der Waals surface area contributed by atoms with Crippen LogP contribution in [0.1, 0.15) is 95.9 Å². The maximum Gasteiger partial charge on any atom is 0.421 e. The Morgan fingerprint density at radius 3 is 1.27 bits per heavy atom. The molecular weight excluding hydrogens is 646 g/mol. The van der Waals surface area contributed by atoms with Gasteiger partial charge in [0, 0.05) is 6.21 Å². The zero-order valence-corrected chi connectivity index (χ0v) is 31.8. The monoisotopic (exact) mass is 709 g/mol. The van der Waals surface area contributed by atoms with Gasteiger partial charge in [-0.3, -0.25) is 24.8 Å². The third-order valence-electron chi connectivity index (χ3n) is 4.15. The van der Waals surface area contributed by atoms with Crippen molar-refractivity contribution in [3.8, 4) is 0 Å². The first-order valence-corrected chi connectivity index (χ1v) is 16.0. The van der Waals surface area contributed by atoms with Crippen LogP contribution in [0, 0.1) is 0 Å². The van der Waals surface area contributed by atoms with E-state index in [-0.39, 0.29) is 50.5 Å². The van der Waals surface area contributed by atoms with Crippen molar-refractivity contribution in [2.45, 2.75) is 118 Å². The molecule has 16 nitrogen and oxygen atoms in total. The van der Waals surface area contributed by atoms with Gasteiger partial charge in [0.25, 0.3) is 0 Å². The van der Waals surface area contributed by atoms with Gasteiger partial charge < -0.3 is 42.7 Å². The Balaban J connectivity index is -0.000000724. The zero-order valence-electron chi connectivity index (χ0n) is 31.8. The molecule has 16 heteroatoms. The summed E-state index contributed by atoms with van der Waals surface area (Å²) in [5.74, 6) is 3.83. The summed E-state index contributed by atoms with van der Waals surface area (Å²) in [5.41, 5.74) is -0.0363. The van der Waals surface area contributed by atoms with E-state index in [0.29, 0.717) is 45.9 Å². The summed E-state index contributed by atoms with van der Waals surface area (Å²) in [6, 6.07) is 0. The summed E-state index contributed by atoms with van der Waals surface area (Å²) in [6.07, 6.45) is 2.03. The molecule has 3 N–H and O–H groups in total. The van der Waals surface area contributed by atoms with Gasteiger partial charge in [-0.05, 0) is 83.1 Å². The number of carbonyl (C=O) groups is 5. The minimum atomic E-state index is -0.609. The predicted molar refractivity (Wildman–Crippen MR) is 183 cm³/mol. The van der Waals surface area contributed by atoms with Crippen LogP contribution in [0.5, 0.6) is 0 Å². The van der Waals surface area contributed by atoms with Gasteiger partial charge in [0.05, 0.1) is 59.1 Å². The van der Waals surface area contributed by atoms with Gasteiger partial charge in [0.2, 0.25) is 0 Å². The predicted octanol–water partition coefficient (Wildman–Crippen LogP) is 3.50. The first kappa shape index (κ1) is 50.2.